The van der Waals surface area contributed by atoms with Crippen molar-refractivity contribution in [1.29, 1.82) is 0 Å². The van der Waals surface area contributed by atoms with E-state index in [9.17, 15) is 9.59 Å². The molecule has 0 spiro atoms. The number of hydrogen-bond acceptors (Lipinski definition) is 3. The number of amides is 1. The molecule has 0 aromatic carbocycles. The second-order valence-electron chi connectivity index (χ2n) is 3.62. The summed E-state index contributed by atoms with van der Waals surface area (Å²) in [5.41, 5.74) is 0. The Morgan fingerprint density at radius 2 is 2.27 bits per heavy atom. The zero-order chi connectivity index (χ0) is 11.3. The van der Waals surface area contributed by atoms with Crippen molar-refractivity contribution in [3.8, 4) is 0 Å². The monoisotopic (exact) mass is 231 g/mol. The van der Waals surface area contributed by atoms with E-state index in [-0.39, 0.29) is 5.91 Å². The molecule has 86 valence electrons. The first kappa shape index (κ1) is 12.4. The highest BCUT2D eigenvalue weighted by atomic mass is 32.2. The van der Waals surface area contributed by atoms with Gasteiger partial charge in [0.25, 0.3) is 0 Å². The molecule has 1 aliphatic heterocycles. The third-order valence-corrected chi connectivity index (χ3v) is 3.50. The smallest absolute Gasteiger partial charge is 0.327 e. The molecule has 0 saturated carbocycles. The van der Waals surface area contributed by atoms with Gasteiger partial charge in [-0.05, 0) is 6.42 Å². The third kappa shape index (κ3) is 3.41. The van der Waals surface area contributed by atoms with E-state index in [0.717, 1.165) is 18.6 Å². The standard InChI is InChI=1S/C10H17NO3S/c1-2-3-4-9(12)11-5-6-15-7-8(11)10(13)14/h8H,2-7H2,1H3,(H,13,14). The van der Waals surface area contributed by atoms with Crippen LogP contribution < -0.4 is 0 Å². The number of unbranched alkanes of at least 4 members (excludes halogenated alkanes) is 1. The fraction of sp³-hybridized carbons (Fsp3) is 0.800. The lowest BCUT2D eigenvalue weighted by Gasteiger charge is -2.32. The maximum atomic E-state index is 11.7. The number of aliphatic carboxylic acids is 1. The van der Waals surface area contributed by atoms with Crippen molar-refractivity contribution in [3.63, 3.8) is 0 Å². The maximum absolute atomic E-state index is 11.7. The molecule has 0 radical (unpaired) electrons. The average Bonchev–Trinajstić information content (AvgIpc) is 2.25. The first-order valence-corrected chi connectivity index (χ1v) is 6.42. The summed E-state index contributed by atoms with van der Waals surface area (Å²) in [5.74, 6) is 0.478. The largest absolute Gasteiger partial charge is 0.480 e. The van der Waals surface area contributed by atoms with E-state index in [2.05, 4.69) is 0 Å². The van der Waals surface area contributed by atoms with Gasteiger partial charge in [-0.3, -0.25) is 4.79 Å². The second kappa shape index (κ2) is 6.00. The Hall–Kier alpha value is -0.710. The van der Waals surface area contributed by atoms with E-state index in [4.69, 9.17) is 5.11 Å². The molecule has 1 amide bonds. The summed E-state index contributed by atoms with van der Waals surface area (Å²) >= 11 is 1.60. The number of thioether (sulfide) groups is 1. The first-order valence-electron chi connectivity index (χ1n) is 5.26. The Kier molecular flexibility index (Phi) is 4.94. The summed E-state index contributed by atoms with van der Waals surface area (Å²) in [6, 6.07) is -0.617. The highest BCUT2D eigenvalue weighted by Gasteiger charge is 2.31. The predicted molar refractivity (Wildman–Crippen MR) is 60.0 cm³/mol. The van der Waals surface area contributed by atoms with Gasteiger partial charge in [0.1, 0.15) is 6.04 Å². The summed E-state index contributed by atoms with van der Waals surface area (Å²) in [5, 5.41) is 8.98. The van der Waals surface area contributed by atoms with Crippen LogP contribution in [0.5, 0.6) is 0 Å². The Balaban J connectivity index is 2.55. The molecule has 4 nitrogen and oxygen atoms in total. The summed E-state index contributed by atoms with van der Waals surface area (Å²) in [6.45, 7) is 2.60. The Bertz CT molecular complexity index is 245. The van der Waals surface area contributed by atoms with Crippen molar-refractivity contribution < 1.29 is 14.7 Å². The van der Waals surface area contributed by atoms with Crippen LogP contribution in [0.15, 0.2) is 0 Å². The molecule has 1 fully saturated rings. The summed E-state index contributed by atoms with van der Waals surface area (Å²) in [4.78, 5) is 24.2. The van der Waals surface area contributed by atoms with Crippen molar-refractivity contribution in [3.05, 3.63) is 0 Å². The SMILES string of the molecule is CCCCC(=O)N1CCSCC1C(=O)O. The quantitative estimate of drug-likeness (QED) is 0.790. The van der Waals surface area contributed by atoms with Gasteiger partial charge in [-0.1, -0.05) is 13.3 Å². The predicted octanol–water partition coefficient (Wildman–Crippen LogP) is 1.21. The number of nitrogens with zero attached hydrogens (tertiary/aromatic N) is 1. The van der Waals surface area contributed by atoms with Gasteiger partial charge in [-0.25, -0.2) is 4.79 Å². The maximum Gasteiger partial charge on any atom is 0.327 e. The summed E-state index contributed by atoms with van der Waals surface area (Å²) in [6.07, 6.45) is 2.28. The van der Waals surface area contributed by atoms with Gasteiger partial charge in [0.05, 0.1) is 0 Å². The van der Waals surface area contributed by atoms with Crippen LogP contribution in [0.4, 0.5) is 0 Å². The van der Waals surface area contributed by atoms with Gasteiger partial charge in [-0.15, -0.1) is 0 Å². The van der Waals surface area contributed by atoms with Crippen LogP contribution in [0, 0.1) is 0 Å². The molecule has 0 aliphatic carbocycles. The topological polar surface area (TPSA) is 57.6 Å². The van der Waals surface area contributed by atoms with Gasteiger partial charge in [0, 0.05) is 24.5 Å². The minimum Gasteiger partial charge on any atom is -0.480 e. The fourth-order valence-corrected chi connectivity index (χ4v) is 2.62. The molecule has 1 aliphatic rings. The lowest BCUT2D eigenvalue weighted by atomic mass is 10.2. The van der Waals surface area contributed by atoms with Gasteiger partial charge in [-0.2, -0.15) is 11.8 Å². The molecule has 0 aromatic heterocycles. The highest BCUT2D eigenvalue weighted by molar-refractivity contribution is 7.99. The van der Waals surface area contributed by atoms with Crippen LogP contribution in [-0.4, -0.2) is 46.0 Å². The van der Waals surface area contributed by atoms with Gasteiger partial charge in [0.15, 0.2) is 0 Å². The zero-order valence-corrected chi connectivity index (χ0v) is 9.76. The zero-order valence-electron chi connectivity index (χ0n) is 8.94. The lowest BCUT2D eigenvalue weighted by Crippen LogP contribution is -2.50. The summed E-state index contributed by atoms with van der Waals surface area (Å²) < 4.78 is 0. The Morgan fingerprint density at radius 3 is 2.87 bits per heavy atom. The number of carboxylic acid groups (broad SMARTS) is 1. The van der Waals surface area contributed by atoms with Gasteiger partial charge < -0.3 is 10.0 Å². The van der Waals surface area contributed by atoms with E-state index in [1.165, 1.54) is 4.90 Å². The molecule has 1 saturated heterocycles. The third-order valence-electron chi connectivity index (χ3n) is 2.48. The molecule has 1 rings (SSSR count). The Morgan fingerprint density at radius 1 is 1.53 bits per heavy atom. The molecule has 1 atom stereocenters. The Labute approximate surface area is 94.0 Å². The highest BCUT2D eigenvalue weighted by Crippen LogP contribution is 2.18. The van der Waals surface area contributed by atoms with Crippen molar-refractivity contribution in [2.24, 2.45) is 0 Å². The van der Waals surface area contributed by atoms with Crippen molar-refractivity contribution in [2.45, 2.75) is 32.2 Å². The van der Waals surface area contributed by atoms with Crippen molar-refractivity contribution in [2.75, 3.05) is 18.1 Å². The van der Waals surface area contributed by atoms with Crippen LogP contribution in [0.2, 0.25) is 0 Å². The fourth-order valence-electron chi connectivity index (χ4n) is 1.58. The van der Waals surface area contributed by atoms with E-state index < -0.39 is 12.0 Å². The van der Waals surface area contributed by atoms with E-state index in [0.29, 0.717) is 18.7 Å². The van der Waals surface area contributed by atoms with Crippen LogP contribution in [0.25, 0.3) is 0 Å². The van der Waals surface area contributed by atoms with E-state index >= 15 is 0 Å². The molecule has 1 heterocycles. The average molecular weight is 231 g/mol. The van der Waals surface area contributed by atoms with Gasteiger partial charge >= 0.3 is 5.97 Å². The molecule has 5 heteroatoms. The normalized spacial score (nSPS) is 21.4. The van der Waals surface area contributed by atoms with E-state index in [1.807, 2.05) is 6.92 Å². The van der Waals surface area contributed by atoms with Crippen LogP contribution in [-0.2, 0) is 9.59 Å². The minimum absolute atomic E-state index is 0.00968. The minimum atomic E-state index is -0.882. The van der Waals surface area contributed by atoms with Crippen LogP contribution in [0.1, 0.15) is 26.2 Å². The molecular formula is C10H17NO3S. The molecule has 1 N–H and O–H groups in total. The van der Waals surface area contributed by atoms with Crippen LogP contribution >= 0.6 is 11.8 Å². The number of carboxylic acids is 1. The van der Waals surface area contributed by atoms with Gasteiger partial charge in [0.2, 0.25) is 5.91 Å². The summed E-state index contributed by atoms with van der Waals surface area (Å²) in [7, 11) is 0. The molecular weight excluding hydrogens is 214 g/mol. The molecule has 15 heavy (non-hydrogen) atoms. The van der Waals surface area contributed by atoms with E-state index in [1.54, 1.807) is 11.8 Å². The van der Waals surface area contributed by atoms with Crippen molar-refractivity contribution >= 4 is 23.6 Å². The molecule has 0 aromatic rings. The number of carbonyl (C=O) groups excluding carboxylic acids is 1. The molecule has 1 unspecified atom stereocenters. The second-order valence-corrected chi connectivity index (χ2v) is 4.77. The number of rotatable bonds is 4. The van der Waals surface area contributed by atoms with Crippen LogP contribution in [0.3, 0.4) is 0 Å². The molecule has 0 bridgehead atoms. The number of hydrogen-bond donors (Lipinski definition) is 1. The van der Waals surface area contributed by atoms with Crippen molar-refractivity contribution in [1.82, 2.24) is 4.90 Å². The lowest BCUT2D eigenvalue weighted by molar-refractivity contribution is -0.149. The first-order chi connectivity index (χ1) is 7.16. The number of carbonyl (C=O) groups is 2.